The van der Waals surface area contributed by atoms with Crippen LogP contribution in [0.4, 0.5) is 0 Å². The van der Waals surface area contributed by atoms with E-state index in [0.29, 0.717) is 19.6 Å². The number of fused-ring (bicyclic) bond motifs is 1. The normalized spacial score (nSPS) is 23.8. The third kappa shape index (κ3) is 5.30. The number of ether oxygens (including phenoxy) is 1. The van der Waals surface area contributed by atoms with Gasteiger partial charge in [-0.15, -0.1) is 0 Å². The van der Waals surface area contributed by atoms with Crippen LogP contribution in [0.25, 0.3) is 0 Å². The summed E-state index contributed by atoms with van der Waals surface area (Å²) in [6.07, 6.45) is 5.13. The van der Waals surface area contributed by atoms with Crippen LogP contribution in [0.2, 0.25) is 5.02 Å². The monoisotopic (exact) mass is 476 g/mol. The lowest BCUT2D eigenvalue weighted by Gasteiger charge is -2.32. The van der Waals surface area contributed by atoms with Crippen LogP contribution < -0.4 is 10.5 Å². The molecule has 2 aromatic carbocycles. The topological polar surface area (TPSA) is 72.6 Å². The van der Waals surface area contributed by atoms with Crippen molar-refractivity contribution in [3.05, 3.63) is 64.2 Å². The molecule has 1 heterocycles. The molecule has 1 fully saturated rings. The second-order valence-electron chi connectivity index (χ2n) is 9.04. The van der Waals surface area contributed by atoms with Gasteiger partial charge in [-0.3, -0.25) is 0 Å². The third-order valence-electron chi connectivity index (χ3n) is 6.71. The second-order valence-corrected chi connectivity index (χ2v) is 11.5. The lowest BCUT2D eigenvalue weighted by Crippen LogP contribution is -2.40. The Balaban J connectivity index is 1.49. The van der Waals surface area contributed by atoms with Gasteiger partial charge in [-0.1, -0.05) is 36.7 Å². The molecule has 0 spiro atoms. The highest BCUT2D eigenvalue weighted by atomic mass is 35.5. The van der Waals surface area contributed by atoms with Gasteiger partial charge in [0.2, 0.25) is 10.0 Å². The van der Waals surface area contributed by atoms with Crippen molar-refractivity contribution < 1.29 is 13.2 Å². The number of rotatable bonds is 8. The van der Waals surface area contributed by atoms with E-state index < -0.39 is 10.0 Å². The number of hydrogen-bond donors (Lipinski definition) is 1. The highest BCUT2D eigenvalue weighted by molar-refractivity contribution is 7.89. The minimum Gasteiger partial charge on any atom is -0.492 e. The molecule has 0 aromatic heterocycles. The number of hydrogen-bond acceptors (Lipinski definition) is 4. The Morgan fingerprint density at radius 1 is 1.19 bits per heavy atom. The van der Waals surface area contributed by atoms with Gasteiger partial charge in [-0.05, 0) is 79.5 Å². The maximum atomic E-state index is 12.6. The largest absolute Gasteiger partial charge is 0.492 e. The van der Waals surface area contributed by atoms with Crippen molar-refractivity contribution in [2.75, 3.05) is 18.9 Å². The van der Waals surface area contributed by atoms with Crippen LogP contribution in [-0.4, -0.2) is 43.7 Å². The fraction of sp³-hybridized carbons (Fsp3) is 0.520. The summed E-state index contributed by atoms with van der Waals surface area (Å²) in [5.74, 6) is 1.19. The van der Waals surface area contributed by atoms with Gasteiger partial charge >= 0.3 is 0 Å². The minimum absolute atomic E-state index is 0.0845. The molecule has 174 valence electrons. The number of benzene rings is 2. The van der Waals surface area contributed by atoms with Crippen LogP contribution in [0.1, 0.15) is 55.2 Å². The van der Waals surface area contributed by atoms with Crippen LogP contribution in [0.3, 0.4) is 0 Å². The molecule has 2 N–H and O–H groups in total. The first-order valence-corrected chi connectivity index (χ1v) is 13.6. The zero-order valence-electron chi connectivity index (χ0n) is 18.7. The molecule has 1 aliphatic carbocycles. The third-order valence-corrected chi connectivity index (χ3v) is 9.06. The van der Waals surface area contributed by atoms with Crippen LogP contribution in [0.5, 0.6) is 5.75 Å². The maximum Gasteiger partial charge on any atom is 0.214 e. The number of nitrogens with two attached hydrogens (primary N) is 1. The van der Waals surface area contributed by atoms with E-state index in [9.17, 15) is 8.42 Å². The average Bonchev–Trinajstić information content (AvgIpc) is 3.24. The summed E-state index contributed by atoms with van der Waals surface area (Å²) in [7, 11) is -3.21. The molecule has 1 aliphatic heterocycles. The van der Waals surface area contributed by atoms with Crippen molar-refractivity contribution in [1.29, 1.82) is 0 Å². The van der Waals surface area contributed by atoms with E-state index in [-0.39, 0.29) is 23.8 Å². The fourth-order valence-corrected chi connectivity index (χ4v) is 7.07. The standard InChI is InChI=1S/C25H33ClN2O3S/c1-2-13-32(29,30)28-12-4-7-21(28)17-31-22-10-8-19-9-11-25(27)24(23(19)16-22)15-18-5-3-6-20(26)14-18/h3,5-6,8,10,14,16,21,24-25H,2,4,7,9,11-13,15,17,27H2,1H3. The van der Waals surface area contributed by atoms with Gasteiger partial charge < -0.3 is 10.5 Å². The molecule has 3 unspecified atom stereocenters. The molecule has 0 bridgehead atoms. The summed E-state index contributed by atoms with van der Waals surface area (Å²) in [6.45, 7) is 2.88. The first kappa shape index (κ1) is 23.6. The van der Waals surface area contributed by atoms with E-state index in [1.807, 2.05) is 31.2 Å². The van der Waals surface area contributed by atoms with Crippen molar-refractivity contribution in [1.82, 2.24) is 4.31 Å². The lowest BCUT2D eigenvalue weighted by molar-refractivity contribution is 0.232. The maximum absolute atomic E-state index is 12.6. The van der Waals surface area contributed by atoms with E-state index in [0.717, 1.165) is 42.9 Å². The highest BCUT2D eigenvalue weighted by Gasteiger charge is 2.34. The summed E-state index contributed by atoms with van der Waals surface area (Å²) in [5, 5.41) is 0.739. The lowest BCUT2D eigenvalue weighted by atomic mass is 9.76. The van der Waals surface area contributed by atoms with Gasteiger partial charge in [0.25, 0.3) is 0 Å². The zero-order valence-corrected chi connectivity index (χ0v) is 20.2. The predicted molar refractivity (Wildman–Crippen MR) is 130 cm³/mol. The molecule has 0 saturated carbocycles. The van der Waals surface area contributed by atoms with Crippen molar-refractivity contribution >= 4 is 21.6 Å². The van der Waals surface area contributed by atoms with Crippen molar-refractivity contribution in [3.63, 3.8) is 0 Å². The summed E-state index contributed by atoms with van der Waals surface area (Å²) >= 11 is 6.19. The number of nitrogens with zero attached hydrogens (tertiary/aromatic N) is 1. The van der Waals surface area contributed by atoms with Gasteiger partial charge in [-0.2, -0.15) is 4.31 Å². The highest BCUT2D eigenvalue weighted by Crippen LogP contribution is 2.36. The quantitative estimate of drug-likeness (QED) is 0.607. The molecule has 4 rings (SSSR count). The first-order valence-electron chi connectivity index (χ1n) is 11.6. The van der Waals surface area contributed by atoms with Crippen molar-refractivity contribution in [2.24, 2.45) is 5.73 Å². The molecule has 2 aromatic rings. The van der Waals surface area contributed by atoms with Gasteiger partial charge in [0, 0.05) is 23.5 Å². The minimum atomic E-state index is -3.21. The molecule has 7 heteroatoms. The van der Waals surface area contributed by atoms with E-state index >= 15 is 0 Å². The molecule has 1 saturated heterocycles. The Kier molecular flexibility index (Phi) is 7.45. The number of sulfonamides is 1. The Labute approximate surface area is 196 Å². The van der Waals surface area contributed by atoms with Crippen molar-refractivity contribution in [2.45, 2.75) is 63.5 Å². The fourth-order valence-electron chi connectivity index (χ4n) is 5.08. The zero-order chi connectivity index (χ0) is 22.7. The summed E-state index contributed by atoms with van der Waals surface area (Å²) in [5.41, 5.74) is 10.3. The SMILES string of the molecule is CCCS(=O)(=O)N1CCCC1COc1ccc2c(c1)C(Cc1cccc(Cl)c1)C(N)CC2. The van der Waals surface area contributed by atoms with Gasteiger partial charge in [-0.25, -0.2) is 8.42 Å². The van der Waals surface area contributed by atoms with Crippen molar-refractivity contribution in [3.8, 4) is 5.75 Å². The number of aryl methyl sites for hydroxylation is 1. The van der Waals surface area contributed by atoms with Gasteiger partial charge in [0.1, 0.15) is 12.4 Å². The van der Waals surface area contributed by atoms with E-state index in [1.165, 1.54) is 16.7 Å². The Morgan fingerprint density at radius 3 is 2.81 bits per heavy atom. The number of halogens is 1. The molecular formula is C25H33ClN2O3S. The summed E-state index contributed by atoms with van der Waals surface area (Å²) < 4.78 is 32.9. The molecule has 0 amide bonds. The van der Waals surface area contributed by atoms with Crippen LogP contribution in [-0.2, 0) is 22.9 Å². The summed E-state index contributed by atoms with van der Waals surface area (Å²) in [4.78, 5) is 0. The van der Waals surface area contributed by atoms with E-state index in [2.05, 4.69) is 18.2 Å². The van der Waals surface area contributed by atoms with E-state index in [4.69, 9.17) is 22.1 Å². The smallest absolute Gasteiger partial charge is 0.214 e. The molecule has 2 aliphatic rings. The predicted octanol–water partition coefficient (Wildman–Crippen LogP) is 4.52. The molecule has 32 heavy (non-hydrogen) atoms. The van der Waals surface area contributed by atoms with Crippen LogP contribution >= 0.6 is 11.6 Å². The average molecular weight is 477 g/mol. The Bertz CT molecular complexity index is 1040. The van der Waals surface area contributed by atoms with Gasteiger partial charge in [0.05, 0.1) is 11.8 Å². The Morgan fingerprint density at radius 2 is 2.03 bits per heavy atom. The Hall–Kier alpha value is -1.60. The van der Waals surface area contributed by atoms with Crippen LogP contribution in [0.15, 0.2) is 42.5 Å². The molecular weight excluding hydrogens is 444 g/mol. The molecule has 0 radical (unpaired) electrons. The molecule has 5 nitrogen and oxygen atoms in total. The van der Waals surface area contributed by atoms with Crippen LogP contribution in [0, 0.1) is 0 Å². The molecule has 3 atom stereocenters. The van der Waals surface area contributed by atoms with E-state index in [1.54, 1.807) is 4.31 Å². The van der Waals surface area contributed by atoms with Gasteiger partial charge in [0.15, 0.2) is 0 Å². The first-order chi connectivity index (χ1) is 15.4. The second kappa shape index (κ2) is 10.1. The summed E-state index contributed by atoms with van der Waals surface area (Å²) in [6, 6.07) is 14.2.